The van der Waals surface area contributed by atoms with Crippen LogP contribution in [0.5, 0.6) is 0 Å². The smallest absolute Gasteiger partial charge is 0.278 e. The maximum Gasteiger partial charge on any atom is 0.278 e. The molecule has 0 spiro atoms. The predicted octanol–water partition coefficient (Wildman–Crippen LogP) is 3.57. The average molecular weight is 441 g/mol. The lowest BCUT2D eigenvalue weighted by molar-refractivity contribution is -0.383. The van der Waals surface area contributed by atoms with Crippen LogP contribution in [0.15, 0.2) is 48.8 Å². The van der Waals surface area contributed by atoms with Gasteiger partial charge in [0.25, 0.3) is 5.69 Å². The number of anilines is 2. The van der Waals surface area contributed by atoms with Crippen LogP contribution in [-0.2, 0) is 4.79 Å². The Morgan fingerprint density at radius 1 is 1.09 bits per heavy atom. The summed E-state index contributed by atoms with van der Waals surface area (Å²) in [6.45, 7) is 4.19. The van der Waals surface area contributed by atoms with Gasteiger partial charge in [0.1, 0.15) is 0 Å². The molecule has 4 rings (SSSR count). The highest BCUT2D eigenvalue weighted by molar-refractivity contribution is 5.99. The minimum Gasteiger partial charge on any atom is -0.368 e. The topological polar surface area (TPSA) is 91.6 Å². The lowest BCUT2D eigenvalue weighted by Crippen LogP contribution is -2.52. The van der Waals surface area contributed by atoms with Crippen molar-refractivity contribution in [1.82, 2.24) is 9.88 Å². The van der Waals surface area contributed by atoms with Gasteiger partial charge in [-0.2, -0.15) is 0 Å². The van der Waals surface area contributed by atoms with E-state index in [1.807, 2.05) is 4.90 Å². The van der Waals surface area contributed by atoms with E-state index in [-0.39, 0.29) is 17.3 Å². The molecule has 3 aromatic rings. The van der Waals surface area contributed by atoms with Gasteiger partial charge in [-0.15, -0.1) is 0 Å². The first-order valence-electron chi connectivity index (χ1n) is 10.1. The van der Waals surface area contributed by atoms with E-state index in [0.29, 0.717) is 31.6 Å². The number of nitrogens with one attached hydrogen (secondary N) is 1. The highest BCUT2D eigenvalue weighted by Crippen LogP contribution is 2.33. The fourth-order valence-electron chi connectivity index (χ4n) is 3.93. The number of nitro benzene ring substituents is 1. The van der Waals surface area contributed by atoms with Gasteiger partial charge in [-0.1, -0.05) is 0 Å². The molecule has 10 heteroatoms. The summed E-state index contributed by atoms with van der Waals surface area (Å²) in [5, 5.41) is 15.2. The molecule has 1 saturated heterocycles. The Labute approximate surface area is 182 Å². The zero-order valence-electron chi connectivity index (χ0n) is 17.3. The quantitative estimate of drug-likeness (QED) is 0.481. The van der Waals surface area contributed by atoms with Crippen LogP contribution in [-0.4, -0.2) is 52.9 Å². The molecule has 0 saturated carbocycles. The summed E-state index contributed by atoms with van der Waals surface area (Å²) in [6.07, 6.45) is 3.11. The number of halogens is 2. The number of non-ortho nitro benzene ring substituents is 1. The molecule has 1 fully saturated rings. The molecule has 0 unspecified atom stereocenters. The van der Waals surface area contributed by atoms with Gasteiger partial charge in [0.15, 0.2) is 11.6 Å². The van der Waals surface area contributed by atoms with Crippen molar-refractivity contribution in [2.45, 2.75) is 13.0 Å². The summed E-state index contributed by atoms with van der Waals surface area (Å²) in [5.74, 6) is -2.30. The highest BCUT2D eigenvalue weighted by Gasteiger charge is 2.27. The zero-order valence-corrected chi connectivity index (χ0v) is 17.3. The van der Waals surface area contributed by atoms with Crippen molar-refractivity contribution in [3.8, 4) is 0 Å². The molecule has 8 nitrogen and oxygen atoms in total. The Morgan fingerprint density at radius 2 is 1.84 bits per heavy atom. The number of carbonyl (C=O) groups is 1. The number of hydrogen-bond donors (Lipinski definition) is 1. The molecule has 32 heavy (non-hydrogen) atoms. The molecule has 2 aromatic carbocycles. The van der Waals surface area contributed by atoms with Gasteiger partial charge >= 0.3 is 0 Å². The molecule has 1 amide bonds. The van der Waals surface area contributed by atoms with E-state index in [0.717, 1.165) is 23.2 Å². The summed E-state index contributed by atoms with van der Waals surface area (Å²) in [6, 6.07) is 7.77. The number of nitrogens with zero attached hydrogens (tertiary/aromatic N) is 4. The van der Waals surface area contributed by atoms with Crippen molar-refractivity contribution in [3.63, 3.8) is 0 Å². The maximum atomic E-state index is 13.4. The van der Waals surface area contributed by atoms with Crippen LogP contribution < -0.4 is 10.2 Å². The number of benzene rings is 2. The third kappa shape index (κ3) is 4.22. The number of hydrogen-bond acceptors (Lipinski definition) is 6. The first-order chi connectivity index (χ1) is 15.3. The van der Waals surface area contributed by atoms with Gasteiger partial charge in [0.05, 0.1) is 16.4 Å². The van der Waals surface area contributed by atoms with Crippen molar-refractivity contribution in [1.29, 1.82) is 0 Å². The van der Waals surface area contributed by atoms with Crippen molar-refractivity contribution < 1.29 is 18.5 Å². The Kier molecular flexibility index (Phi) is 5.95. The number of aromatic nitrogens is 1. The molecule has 0 radical (unpaired) electrons. The number of amides is 1. The number of carbonyl (C=O) groups excluding carboxylic acids is 1. The van der Waals surface area contributed by atoms with Crippen LogP contribution >= 0.6 is 0 Å². The van der Waals surface area contributed by atoms with Crippen LogP contribution in [0.4, 0.5) is 25.8 Å². The second-order valence-electron chi connectivity index (χ2n) is 7.60. The fraction of sp³-hybridized carbons (Fsp3) is 0.273. The van der Waals surface area contributed by atoms with Crippen molar-refractivity contribution >= 4 is 33.7 Å². The van der Waals surface area contributed by atoms with Gasteiger partial charge in [-0.05, 0) is 31.2 Å². The third-order valence-electron chi connectivity index (χ3n) is 5.74. The molecule has 1 aromatic heterocycles. The van der Waals surface area contributed by atoms with Crippen LogP contribution in [0.3, 0.4) is 0 Å². The van der Waals surface area contributed by atoms with Crippen LogP contribution in [0.2, 0.25) is 0 Å². The number of rotatable bonds is 5. The summed E-state index contributed by atoms with van der Waals surface area (Å²) >= 11 is 0. The van der Waals surface area contributed by atoms with Gasteiger partial charge in [0.2, 0.25) is 5.91 Å². The summed E-state index contributed by atoms with van der Waals surface area (Å²) in [4.78, 5) is 31.6. The predicted molar refractivity (Wildman–Crippen MR) is 117 cm³/mol. The van der Waals surface area contributed by atoms with E-state index in [1.165, 1.54) is 18.3 Å². The van der Waals surface area contributed by atoms with Gasteiger partial charge in [0, 0.05) is 67.5 Å². The minimum atomic E-state index is -1.02. The largest absolute Gasteiger partial charge is 0.368 e. The summed E-state index contributed by atoms with van der Waals surface area (Å²) in [5.41, 5.74) is 1.09. The number of nitro groups is 1. The van der Waals surface area contributed by atoms with E-state index >= 15 is 0 Å². The van der Waals surface area contributed by atoms with Crippen molar-refractivity contribution in [2.75, 3.05) is 36.4 Å². The number of fused-ring (bicyclic) bond motifs is 1. The molecule has 2 heterocycles. The Balaban J connectivity index is 1.44. The SMILES string of the molecule is C[C@@H](C(=O)Nc1ccc(F)c(F)c1)N1CCN(c2ccc([N+](=O)[O-])c3cnccc23)CC1. The molecule has 0 aliphatic carbocycles. The first kappa shape index (κ1) is 21.6. The number of piperazine rings is 1. The van der Waals surface area contributed by atoms with E-state index in [2.05, 4.69) is 15.2 Å². The van der Waals surface area contributed by atoms with Crippen molar-refractivity contribution in [3.05, 3.63) is 70.5 Å². The van der Waals surface area contributed by atoms with Gasteiger partial charge < -0.3 is 10.2 Å². The van der Waals surface area contributed by atoms with Gasteiger partial charge in [-0.3, -0.25) is 24.8 Å². The fourth-order valence-corrected chi connectivity index (χ4v) is 3.93. The Bertz CT molecular complexity index is 1180. The van der Waals surface area contributed by atoms with E-state index in [1.54, 1.807) is 25.3 Å². The zero-order chi connectivity index (χ0) is 22.8. The molecular formula is C22H21F2N5O3. The van der Waals surface area contributed by atoms with Crippen LogP contribution in [0.1, 0.15) is 6.92 Å². The second-order valence-corrected chi connectivity index (χ2v) is 7.60. The van der Waals surface area contributed by atoms with E-state index in [4.69, 9.17) is 0 Å². The lowest BCUT2D eigenvalue weighted by atomic mass is 10.1. The molecular weight excluding hydrogens is 420 g/mol. The normalized spacial score (nSPS) is 15.5. The molecule has 0 bridgehead atoms. The van der Waals surface area contributed by atoms with Crippen LogP contribution in [0, 0.1) is 21.7 Å². The number of pyridine rings is 1. The minimum absolute atomic E-state index is 0.0120. The molecule has 166 valence electrons. The second kappa shape index (κ2) is 8.83. The highest BCUT2D eigenvalue weighted by atomic mass is 19.2. The molecule has 1 aliphatic heterocycles. The molecule has 1 N–H and O–H groups in total. The lowest BCUT2D eigenvalue weighted by Gasteiger charge is -2.38. The average Bonchev–Trinajstić information content (AvgIpc) is 2.80. The van der Waals surface area contributed by atoms with E-state index in [9.17, 15) is 23.7 Å². The van der Waals surface area contributed by atoms with Crippen molar-refractivity contribution in [2.24, 2.45) is 0 Å². The Morgan fingerprint density at radius 3 is 2.53 bits per heavy atom. The summed E-state index contributed by atoms with van der Waals surface area (Å²) < 4.78 is 26.5. The van der Waals surface area contributed by atoms with E-state index < -0.39 is 22.6 Å². The maximum absolute atomic E-state index is 13.4. The third-order valence-corrected chi connectivity index (χ3v) is 5.74. The first-order valence-corrected chi connectivity index (χ1v) is 10.1. The summed E-state index contributed by atoms with van der Waals surface area (Å²) in [7, 11) is 0. The molecule has 1 aliphatic rings. The van der Waals surface area contributed by atoms with Gasteiger partial charge in [-0.25, -0.2) is 8.78 Å². The molecule has 1 atom stereocenters. The Hall–Kier alpha value is -3.66. The monoisotopic (exact) mass is 441 g/mol. The standard InChI is InChI=1S/C22H21F2N5O3/c1-14(22(30)26-15-2-3-18(23)19(24)12-15)27-8-10-28(11-9-27)20-4-5-21(29(31)32)17-13-25-7-6-16(17)20/h2-7,12-14H,8-11H2,1H3,(H,26,30)/t14-/m0/s1. The van der Waals surface area contributed by atoms with Crippen LogP contribution in [0.25, 0.3) is 10.8 Å².